The Morgan fingerprint density at radius 3 is 2.53 bits per heavy atom. The standard InChI is InChI=1S/C14H12FNO3/c15-13-6-1-9(14(16)18)7-10(13)8-19-12-4-2-11(17)3-5-12/h1-7,17H,8H2,(H2,16,18). The number of primary amides is 1. The second-order valence-corrected chi connectivity index (χ2v) is 3.95. The predicted molar refractivity (Wildman–Crippen MR) is 67.4 cm³/mol. The summed E-state index contributed by atoms with van der Waals surface area (Å²) in [5, 5.41) is 9.12. The van der Waals surface area contributed by atoms with Gasteiger partial charge in [0.1, 0.15) is 23.9 Å². The summed E-state index contributed by atoms with van der Waals surface area (Å²) in [5.41, 5.74) is 5.59. The van der Waals surface area contributed by atoms with Crippen LogP contribution in [0.5, 0.6) is 11.5 Å². The van der Waals surface area contributed by atoms with E-state index in [0.29, 0.717) is 5.75 Å². The molecule has 0 aliphatic rings. The monoisotopic (exact) mass is 261 g/mol. The largest absolute Gasteiger partial charge is 0.508 e. The lowest BCUT2D eigenvalue weighted by atomic mass is 10.1. The fourth-order valence-electron chi connectivity index (χ4n) is 1.54. The third kappa shape index (κ3) is 3.22. The van der Waals surface area contributed by atoms with Crippen molar-refractivity contribution in [3.05, 3.63) is 59.4 Å². The van der Waals surface area contributed by atoms with Crippen molar-refractivity contribution in [1.82, 2.24) is 0 Å². The van der Waals surface area contributed by atoms with E-state index in [0.717, 1.165) is 0 Å². The molecule has 0 atom stereocenters. The number of carbonyl (C=O) groups excluding carboxylic acids is 1. The van der Waals surface area contributed by atoms with Crippen LogP contribution in [0.4, 0.5) is 4.39 Å². The minimum Gasteiger partial charge on any atom is -0.508 e. The van der Waals surface area contributed by atoms with Gasteiger partial charge in [-0.05, 0) is 42.5 Å². The molecule has 0 bridgehead atoms. The topological polar surface area (TPSA) is 72.6 Å². The Morgan fingerprint density at radius 1 is 1.21 bits per heavy atom. The van der Waals surface area contributed by atoms with E-state index in [2.05, 4.69) is 0 Å². The van der Waals surface area contributed by atoms with Gasteiger partial charge in [0.05, 0.1) is 0 Å². The van der Waals surface area contributed by atoms with Gasteiger partial charge in [-0.2, -0.15) is 0 Å². The maximum Gasteiger partial charge on any atom is 0.248 e. The number of phenols is 1. The van der Waals surface area contributed by atoms with Crippen LogP contribution in [0.1, 0.15) is 15.9 Å². The van der Waals surface area contributed by atoms with E-state index in [1.807, 2.05) is 0 Å². The highest BCUT2D eigenvalue weighted by molar-refractivity contribution is 5.92. The molecule has 2 aromatic rings. The van der Waals surface area contributed by atoms with Crippen LogP contribution in [0, 0.1) is 5.82 Å². The van der Waals surface area contributed by atoms with E-state index >= 15 is 0 Å². The number of benzene rings is 2. The summed E-state index contributed by atoms with van der Waals surface area (Å²) in [4.78, 5) is 11.0. The molecule has 98 valence electrons. The van der Waals surface area contributed by atoms with Crippen molar-refractivity contribution in [2.24, 2.45) is 5.73 Å². The molecule has 0 heterocycles. The number of hydrogen-bond donors (Lipinski definition) is 2. The lowest BCUT2D eigenvalue weighted by molar-refractivity contribution is 0.1000. The molecule has 0 fully saturated rings. The zero-order chi connectivity index (χ0) is 13.8. The van der Waals surface area contributed by atoms with Gasteiger partial charge in [0, 0.05) is 11.1 Å². The fourth-order valence-corrected chi connectivity index (χ4v) is 1.54. The number of amides is 1. The van der Waals surface area contributed by atoms with Gasteiger partial charge in [0.15, 0.2) is 0 Å². The van der Waals surface area contributed by atoms with Gasteiger partial charge in [-0.3, -0.25) is 4.79 Å². The number of carbonyl (C=O) groups is 1. The number of hydrogen-bond acceptors (Lipinski definition) is 3. The second kappa shape index (κ2) is 5.39. The van der Waals surface area contributed by atoms with Crippen molar-refractivity contribution in [3.63, 3.8) is 0 Å². The van der Waals surface area contributed by atoms with E-state index < -0.39 is 11.7 Å². The number of nitrogens with two attached hydrogens (primary N) is 1. The Hall–Kier alpha value is -2.56. The molecular weight excluding hydrogens is 249 g/mol. The molecule has 0 aromatic heterocycles. The first kappa shape index (κ1) is 12.9. The summed E-state index contributed by atoms with van der Waals surface area (Å²) in [6, 6.07) is 9.91. The van der Waals surface area contributed by atoms with Crippen LogP contribution in [0.15, 0.2) is 42.5 Å². The highest BCUT2D eigenvalue weighted by atomic mass is 19.1. The Morgan fingerprint density at radius 2 is 1.89 bits per heavy atom. The van der Waals surface area contributed by atoms with Gasteiger partial charge in [-0.25, -0.2) is 4.39 Å². The number of phenolic OH excluding ortho intramolecular Hbond substituents is 1. The third-order valence-electron chi connectivity index (χ3n) is 2.56. The van der Waals surface area contributed by atoms with E-state index in [1.54, 1.807) is 12.1 Å². The van der Waals surface area contributed by atoms with Crippen molar-refractivity contribution in [2.75, 3.05) is 0 Å². The number of rotatable bonds is 4. The molecule has 5 heteroatoms. The number of aromatic hydroxyl groups is 1. The SMILES string of the molecule is NC(=O)c1ccc(F)c(COc2ccc(O)cc2)c1. The quantitative estimate of drug-likeness (QED) is 0.886. The summed E-state index contributed by atoms with van der Waals surface area (Å²) in [6.45, 7) is -0.0300. The smallest absolute Gasteiger partial charge is 0.248 e. The van der Waals surface area contributed by atoms with E-state index in [-0.39, 0.29) is 23.5 Å². The second-order valence-electron chi connectivity index (χ2n) is 3.95. The molecular formula is C14H12FNO3. The maximum atomic E-state index is 13.5. The fraction of sp³-hybridized carbons (Fsp3) is 0.0714. The summed E-state index contributed by atoms with van der Waals surface area (Å²) in [6.07, 6.45) is 0. The van der Waals surface area contributed by atoms with Crippen LogP contribution in [0.2, 0.25) is 0 Å². The molecule has 0 saturated heterocycles. The predicted octanol–water partition coefficient (Wildman–Crippen LogP) is 2.21. The minimum absolute atomic E-state index is 0.0300. The average Bonchev–Trinajstić information content (AvgIpc) is 2.39. The summed E-state index contributed by atoms with van der Waals surface area (Å²) >= 11 is 0. The lowest BCUT2D eigenvalue weighted by Gasteiger charge is -2.08. The van der Waals surface area contributed by atoms with Gasteiger partial charge in [-0.1, -0.05) is 0 Å². The van der Waals surface area contributed by atoms with Crippen LogP contribution in [0.3, 0.4) is 0 Å². The summed E-state index contributed by atoms with van der Waals surface area (Å²) in [5.74, 6) is -0.481. The van der Waals surface area contributed by atoms with Crippen molar-refractivity contribution in [3.8, 4) is 11.5 Å². The first-order valence-electron chi connectivity index (χ1n) is 5.56. The lowest BCUT2D eigenvalue weighted by Crippen LogP contribution is -2.12. The molecule has 0 spiro atoms. The molecule has 0 aliphatic carbocycles. The molecule has 3 N–H and O–H groups in total. The Labute approximate surface area is 109 Å². The molecule has 2 rings (SSSR count). The van der Waals surface area contributed by atoms with E-state index in [9.17, 15) is 9.18 Å². The van der Waals surface area contributed by atoms with Gasteiger partial charge in [0.2, 0.25) is 5.91 Å². The molecule has 0 radical (unpaired) electrons. The van der Waals surface area contributed by atoms with Crippen molar-refractivity contribution in [1.29, 1.82) is 0 Å². The first-order chi connectivity index (χ1) is 9.06. The molecule has 0 saturated carbocycles. The van der Waals surface area contributed by atoms with E-state index in [1.165, 1.54) is 30.3 Å². The van der Waals surface area contributed by atoms with Crippen LogP contribution in [-0.2, 0) is 6.61 Å². The molecule has 4 nitrogen and oxygen atoms in total. The normalized spacial score (nSPS) is 10.2. The van der Waals surface area contributed by atoms with Crippen molar-refractivity contribution >= 4 is 5.91 Å². The Balaban J connectivity index is 2.12. The highest BCUT2D eigenvalue weighted by Gasteiger charge is 2.08. The zero-order valence-electron chi connectivity index (χ0n) is 9.97. The first-order valence-corrected chi connectivity index (χ1v) is 5.56. The van der Waals surface area contributed by atoms with Crippen molar-refractivity contribution in [2.45, 2.75) is 6.61 Å². The van der Waals surface area contributed by atoms with Crippen LogP contribution in [-0.4, -0.2) is 11.0 Å². The van der Waals surface area contributed by atoms with Gasteiger partial charge in [0.25, 0.3) is 0 Å². The van der Waals surface area contributed by atoms with Crippen LogP contribution in [0.25, 0.3) is 0 Å². The highest BCUT2D eigenvalue weighted by Crippen LogP contribution is 2.18. The Bertz CT molecular complexity index is 596. The third-order valence-corrected chi connectivity index (χ3v) is 2.56. The zero-order valence-corrected chi connectivity index (χ0v) is 9.97. The average molecular weight is 261 g/mol. The van der Waals surface area contributed by atoms with Crippen LogP contribution >= 0.6 is 0 Å². The maximum absolute atomic E-state index is 13.5. The molecule has 1 amide bonds. The van der Waals surface area contributed by atoms with Crippen LogP contribution < -0.4 is 10.5 Å². The van der Waals surface area contributed by atoms with Gasteiger partial charge in [-0.15, -0.1) is 0 Å². The minimum atomic E-state index is -0.620. The molecule has 0 aliphatic heterocycles. The number of halogens is 1. The molecule has 2 aromatic carbocycles. The van der Waals surface area contributed by atoms with Gasteiger partial charge < -0.3 is 15.6 Å². The van der Waals surface area contributed by atoms with E-state index in [4.69, 9.17) is 15.6 Å². The summed E-state index contributed by atoms with van der Waals surface area (Å²) < 4.78 is 18.9. The summed E-state index contributed by atoms with van der Waals surface area (Å²) in [7, 11) is 0. The molecule has 0 unspecified atom stereocenters. The number of ether oxygens (including phenoxy) is 1. The Kier molecular flexibility index (Phi) is 3.66. The molecule has 19 heavy (non-hydrogen) atoms. The van der Waals surface area contributed by atoms with Gasteiger partial charge >= 0.3 is 0 Å². The van der Waals surface area contributed by atoms with Crippen molar-refractivity contribution < 1.29 is 19.0 Å².